The van der Waals surface area contributed by atoms with Gasteiger partial charge in [-0.05, 0) is 34.4 Å². The molecule has 1 N–H and O–H groups in total. The van der Waals surface area contributed by atoms with Gasteiger partial charge in [-0.1, -0.05) is 53.7 Å². The van der Waals surface area contributed by atoms with Crippen molar-refractivity contribution < 1.29 is 17.9 Å². The van der Waals surface area contributed by atoms with E-state index in [4.69, 9.17) is 0 Å². The molecule has 0 saturated heterocycles. The molecule has 0 aromatic heterocycles. The highest BCUT2D eigenvalue weighted by Gasteiger charge is 2.27. The van der Waals surface area contributed by atoms with Crippen LogP contribution in [0.1, 0.15) is 76.0 Å². The number of ether oxygens (including phenoxy) is 1. The second kappa shape index (κ2) is 8.12. The van der Waals surface area contributed by atoms with Crippen molar-refractivity contribution in [3.8, 4) is 0 Å². The summed E-state index contributed by atoms with van der Waals surface area (Å²) in [4.78, 5) is 11.6. The zero-order valence-electron chi connectivity index (χ0n) is 15.6. The Morgan fingerprint density at radius 2 is 1.46 bits per heavy atom. The van der Waals surface area contributed by atoms with Crippen molar-refractivity contribution in [1.29, 1.82) is 0 Å². The molecule has 0 bridgehead atoms. The quantitative estimate of drug-likeness (QED) is 0.760. The zero-order valence-corrected chi connectivity index (χ0v) is 16.5. The van der Waals surface area contributed by atoms with Crippen LogP contribution in [0.3, 0.4) is 0 Å². The minimum atomic E-state index is -3.81. The Morgan fingerprint density at radius 3 is 1.79 bits per heavy atom. The molecule has 136 valence electrons. The van der Waals surface area contributed by atoms with Crippen molar-refractivity contribution in [2.45, 2.75) is 64.2 Å². The summed E-state index contributed by atoms with van der Waals surface area (Å²) in [7, 11) is -2.58. The lowest BCUT2D eigenvalue weighted by molar-refractivity contribution is -0.139. The van der Waals surface area contributed by atoms with Gasteiger partial charge in [-0.25, -0.2) is 8.42 Å². The number of carbonyl (C=O) groups excluding carboxylic acids is 1. The number of rotatable bonds is 7. The highest BCUT2D eigenvalue weighted by Crippen LogP contribution is 2.34. The number of methoxy groups -OCH3 is 1. The van der Waals surface area contributed by atoms with Gasteiger partial charge >= 0.3 is 5.97 Å². The van der Waals surface area contributed by atoms with Crippen molar-refractivity contribution in [2.24, 2.45) is 0 Å². The third-order valence-electron chi connectivity index (χ3n) is 3.98. The number of sulfonamides is 1. The summed E-state index contributed by atoms with van der Waals surface area (Å²) in [5.74, 6) is -0.217. The molecule has 1 aromatic carbocycles. The fourth-order valence-electron chi connectivity index (χ4n) is 2.50. The molecule has 6 heteroatoms. The molecule has 0 spiro atoms. The number of hydrogen-bond acceptors (Lipinski definition) is 4. The summed E-state index contributed by atoms with van der Waals surface area (Å²) in [6, 6.07) is 3.93. The molecule has 0 heterocycles. The Hall–Kier alpha value is -1.40. The van der Waals surface area contributed by atoms with Crippen LogP contribution in [0.5, 0.6) is 0 Å². The molecule has 0 atom stereocenters. The fraction of sp³-hybridized carbons (Fsp3) is 0.611. The Labute approximate surface area is 145 Å². The zero-order chi connectivity index (χ0) is 18.7. The van der Waals surface area contributed by atoms with Crippen LogP contribution < -0.4 is 4.72 Å². The van der Waals surface area contributed by atoms with Crippen molar-refractivity contribution in [1.82, 2.24) is 4.72 Å². The van der Waals surface area contributed by atoms with Gasteiger partial charge in [0.2, 0.25) is 10.0 Å². The van der Waals surface area contributed by atoms with Crippen molar-refractivity contribution in [3.05, 3.63) is 28.8 Å². The first-order chi connectivity index (χ1) is 11.0. The lowest BCUT2D eigenvalue weighted by Gasteiger charge is -2.22. The minimum Gasteiger partial charge on any atom is -0.468 e. The van der Waals surface area contributed by atoms with Crippen LogP contribution in [-0.2, 0) is 19.6 Å². The van der Waals surface area contributed by atoms with Crippen LogP contribution in [0.15, 0.2) is 17.0 Å². The molecule has 0 aliphatic rings. The predicted molar refractivity (Wildman–Crippen MR) is 95.9 cm³/mol. The highest BCUT2D eigenvalue weighted by atomic mass is 32.2. The predicted octanol–water partition coefficient (Wildman–Crippen LogP) is 3.51. The van der Waals surface area contributed by atoms with E-state index in [1.807, 2.05) is 39.8 Å². The summed E-state index contributed by atoms with van der Waals surface area (Å²) < 4.78 is 32.6. The summed E-state index contributed by atoms with van der Waals surface area (Å²) in [5.41, 5.74) is 2.68. The second-order valence-corrected chi connectivity index (χ2v) is 8.60. The van der Waals surface area contributed by atoms with E-state index in [0.717, 1.165) is 16.7 Å². The highest BCUT2D eigenvalue weighted by molar-refractivity contribution is 7.89. The van der Waals surface area contributed by atoms with E-state index in [0.29, 0.717) is 10.8 Å². The maximum Gasteiger partial charge on any atom is 0.320 e. The van der Waals surface area contributed by atoms with E-state index in [-0.39, 0.29) is 18.4 Å². The summed E-state index contributed by atoms with van der Waals surface area (Å²) in [6.45, 7) is 11.7. The molecule has 0 saturated carbocycles. The Morgan fingerprint density at radius 1 is 1.00 bits per heavy atom. The van der Waals surface area contributed by atoms with Crippen LogP contribution in [0.2, 0.25) is 0 Å². The van der Waals surface area contributed by atoms with Gasteiger partial charge in [-0.3, -0.25) is 4.79 Å². The van der Waals surface area contributed by atoms with Gasteiger partial charge in [0.15, 0.2) is 0 Å². The SMILES string of the molecule is COC(=O)CNS(=O)(=O)c1c(C(C)C)cc(C(C)C)cc1C(C)C. The maximum atomic E-state index is 12.9. The van der Waals surface area contributed by atoms with Crippen LogP contribution in [0.4, 0.5) is 0 Å². The topological polar surface area (TPSA) is 72.5 Å². The van der Waals surface area contributed by atoms with Crippen LogP contribution in [0, 0.1) is 0 Å². The minimum absolute atomic E-state index is 0.0471. The van der Waals surface area contributed by atoms with Crippen LogP contribution in [-0.4, -0.2) is 28.0 Å². The Bertz CT molecular complexity index is 662. The van der Waals surface area contributed by atoms with Gasteiger partial charge < -0.3 is 4.74 Å². The van der Waals surface area contributed by atoms with Crippen molar-refractivity contribution in [2.75, 3.05) is 13.7 Å². The first-order valence-corrected chi connectivity index (χ1v) is 9.73. The number of hydrogen-bond donors (Lipinski definition) is 1. The van der Waals surface area contributed by atoms with Crippen LogP contribution >= 0.6 is 0 Å². The standard InChI is InChI=1S/C18H29NO4S/c1-11(2)14-8-15(12(3)4)18(16(9-14)13(5)6)24(21,22)19-10-17(20)23-7/h8-9,11-13,19H,10H2,1-7H3. The number of esters is 1. The van der Waals surface area contributed by atoms with Crippen LogP contribution in [0.25, 0.3) is 0 Å². The average Bonchev–Trinajstić information content (AvgIpc) is 2.50. The van der Waals surface area contributed by atoms with Gasteiger partial charge in [-0.15, -0.1) is 0 Å². The molecule has 0 radical (unpaired) electrons. The average molecular weight is 356 g/mol. The lowest BCUT2D eigenvalue weighted by atomic mass is 9.89. The monoisotopic (exact) mass is 355 g/mol. The summed E-state index contributed by atoms with van der Waals surface area (Å²) in [6.07, 6.45) is 0. The molecular weight excluding hydrogens is 326 g/mol. The largest absolute Gasteiger partial charge is 0.468 e. The molecule has 0 aliphatic carbocycles. The first-order valence-electron chi connectivity index (χ1n) is 8.25. The fourth-order valence-corrected chi connectivity index (χ4v) is 4.16. The van der Waals surface area contributed by atoms with Gasteiger partial charge in [0, 0.05) is 0 Å². The van der Waals surface area contributed by atoms with E-state index in [1.54, 1.807) is 0 Å². The summed E-state index contributed by atoms with van der Waals surface area (Å²) >= 11 is 0. The molecule has 1 rings (SSSR count). The first kappa shape index (κ1) is 20.6. The van der Waals surface area contributed by atoms with E-state index < -0.39 is 16.0 Å². The third kappa shape index (κ3) is 4.80. The van der Waals surface area contributed by atoms with E-state index in [9.17, 15) is 13.2 Å². The second-order valence-electron chi connectivity index (χ2n) is 6.89. The molecule has 24 heavy (non-hydrogen) atoms. The Balaban J connectivity index is 3.56. The van der Waals surface area contributed by atoms with Gasteiger partial charge in [0.1, 0.15) is 6.54 Å². The van der Waals surface area contributed by atoms with Gasteiger partial charge in [-0.2, -0.15) is 4.72 Å². The number of benzene rings is 1. The van der Waals surface area contributed by atoms with E-state index in [1.165, 1.54) is 7.11 Å². The van der Waals surface area contributed by atoms with Crippen molar-refractivity contribution in [3.63, 3.8) is 0 Å². The third-order valence-corrected chi connectivity index (χ3v) is 5.52. The molecule has 5 nitrogen and oxygen atoms in total. The maximum absolute atomic E-state index is 12.9. The van der Waals surface area contributed by atoms with Gasteiger partial charge in [0.25, 0.3) is 0 Å². The molecule has 1 aromatic rings. The molecule has 0 fully saturated rings. The summed E-state index contributed by atoms with van der Waals surface area (Å²) in [5, 5.41) is 0. The van der Waals surface area contributed by atoms with Gasteiger partial charge in [0.05, 0.1) is 12.0 Å². The number of nitrogens with one attached hydrogen (secondary N) is 1. The molecule has 0 amide bonds. The normalized spacial score (nSPS) is 12.2. The van der Waals surface area contributed by atoms with E-state index >= 15 is 0 Å². The lowest BCUT2D eigenvalue weighted by Crippen LogP contribution is -2.32. The van der Waals surface area contributed by atoms with Crippen molar-refractivity contribution >= 4 is 16.0 Å². The molecule has 0 aliphatic heterocycles. The van der Waals surface area contributed by atoms with E-state index in [2.05, 4.69) is 23.3 Å². The molecular formula is C18H29NO4S. The molecule has 0 unspecified atom stereocenters. The Kier molecular flexibility index (Phi) is 6.98. The smallest absolute Gasteiger partial charge is 0.320 e. The number of carbonyl (C=O) groups is 1.